The van der Waals surface area contributed by atoms with Crippen molar-refractivity contribution in [3.8, 4) is 5.75 Å². The van der Waals surface area contributed by atoms with Crippen molar-refractivity contribution in [1.29, 1.82) is 0 Å². The Morgan fingerprint density at radius 3 is 2.50 bits per heavy atom. The number of phenolic OH excluding ortho intramolecular Hbond substituents is 1. The molecule has 0 aromatic heterocycles. The van der Waals surface area contributed by atoms with E-state index < -0.39 is 0 Å². The summed E-state index contributed by atoms with van der Waals surface area (Å²) in [5.41, 5.74) is 4.15. The van der Waals surface area contributed by atoms with Crippen LogP contribution in [0.5, 0.6) is 5.75 Å². The summed E-state index contributed by atoms with van der Waals surface area (Å²) >= 11 is 3.33. The molecule has 0 saturated carbocycles. The Kier molecular flexibility index (Phi) is 4.62. The number of aromatic hydroxyl groups is 1. The Balaban J connectivity index is 1.84. The molecule has 0 bridgehead atoms. The average Bonchev–Trinajstić information content (AvgIpc) is 2.60. The molecule has 0 heterocycles. The molecule has 0 aliphatic rings. The smallest absolute Gasteiger partial charge is 0.271 e. The highest BCUT2D eigenvalue weighted by atomic mass is 79.9. The van der Waals surface area contributed by atoms with Crippen LogP contribution in [0.15, 0.2) is 70.2 Å². The Morgan fingerprint density at radius 2 is 1.75 bits per heavy atom. The first-order valence-corrected chi connectivity index (χ1v) is 8.17. The molecule has 0 fully saturated rings. The third-order valence-corrected chi connectivity index (χ3v) is 4.25. The Labute approximate surface area is 148 Å². The van der Waals surface area contributed by atoms with Crippen LogP contribution < -0.4 is 5.43 Å². The lowest BCUT2D eigenvalue weighted by atomic mass is 10.0. The number of phenols is 1. The maximum atomic E-state index is 12.1. The number of carbonyl (C=O) groups is 1. The van der Waals surface area contributed by atoms with Gasteiger partial charge < -0.3 is 5.11 Å². The highest BCUT2D eigenvalue weighted by Gasteiger charge is 2.10. The highest BCUT2D eigenvalue weighted by Crippen LogP contribution is 2.28. The van der Waals surface area contributed by atoms with Crippen LogP contribution in [-0.4, -0.2) is 16.7 Å². The van der Waals surface area contributed by atoms with E-state index in [1.54, 1.807) is 37.3 Å². The molecule has 0 aliphatic heterocycles. The summed E-state index contributed by atoms with van der Waals surface area (Å²) in [6, 6.07) is 18.3. The molecule has 0 radical (unpaired) electrons. The lowest BCUT2D eigenvalue weighted by Gasteiger charge is -2.08. The molecule has 0 atom stereocenters. The summed E-state index contributed by atoms with van der Waals surface area (Å²) in [5, 5.41) is 16.2. The number of halogens is 1. The second-order valence-electron chi connectivity index (χ2n) is 5.33. The highest BCUT2D eigenvalue weighted by molar-refractivity contribution is 9.10. The second kappa shape index (κ2) is 6.84. The summed E-state index contributed by atoms with van der Waals surface area (Å²) in [7, 11) is 0. The summed E-state index contributed by atoms with van der Waals surface area (Å²) < 4.78 is 0.903. The van der Waals surface area contributed by atoms with Crippen molar-refractivity contribution < 1.29 is 9.90 Å². The number of rotatable bonds is 3. The van der Waals surface area contributed by atoms with Gasteiger partial charge in [-0.3, -0.25) is 4.79 Å². The first-order chi connectivity index (χ1) is 11.6. The SMILES string of the molecule is C/C(=N\NC(=O)c1ccc(Br)cc1)c1ccc2ccccc2c1O. The molecule has 120 valence electrons. The van der Waals surface area contributed by atoms with E-state index in [-0.39, 0.29) is 11.7 Å². The molecular weight excluding hydrogens is 368 g/mol. The quantitative estimate of drug-likeness (QED) is 0.518. The minimum atomic E-state index is -0.304. The minimum absolute atomic E-state index is 0.159. The zero-order valence-electron chi connectivity index (χ0n) is 13.0. The summed E-state index contributed by atoms with van der Waals surface area (Å²) in [6.07, 6.45) is 0. The largest absolute Gasteiger partial charge is 0.507 e. The van der Waals surface area contributed by atoms with E-state index in [0.29, 0.717) is 16.8 Å². The monoisotopic (exact) mass is 382 g/mol. The summed E-state index contributed by atoms with van der Waals surface area (Å²) in [5.74, 6) is -0.144. The first-order valence-electron chi connectivity index (χ1n) is 7.37. The van der Waals surface area contributed by atoms with Gasteiger partial charge >= 0.3 is 0 Å². The van der Waals surface area contributed by atoms with Crippen LogP contribution >= 0.6 is 15.9 Å². The van der Waals surface area contributed by atoms with Gasteiger partial charge in [-0.2, -0.15) is 5.10 Å². The molecule has 4 nitrogen and oxygen atoms in total. The predicted octanol–water partition coefficient (Wildman–Crippen LogP) is 4.46. The second-order valence-corrected chi connectivity index (χ2v) is 6.24. The molecule has 1 amide bonds. The van der Waals surface area contributed by atoms with Gasteiger partial charge in [0.2, 0.25) is 0 Å². The van der Waals surface area contributed by atoms with Gasteiger partial charge in [-0.15, -0.1) is 0 Å². The molecule has 0 aliphatic carbocycles. The third kappa shape index (κ3) is 3.31. The molecule has 3 rings (SSSR count). The number of nitrogens with zero attached hydrogens (tertiary/aromatic N) is 1. The number of hydrogen-bond donors (Lipinski definition) is 2. The van der Waals surface area contributed by atoms with Crippen molar-refractivity contribution in [2.45, 2.75) is 6.92 Å². The van der Waals surface area contributed by atoms with Crippen LogP contribution in [0.1, 0.15) is 22.8 Å². The maximum absolute atomic E-state index is 12.1. The molecule has 2 N–H and O–H groups in total. The summed E-state index contributed by atoms with van der Waals surface area (Å²) in [6.45, 7) is 1.74. The van der Waals surface area contributed by atoms with Gasteiger partial charge in [0.15, 0.2) is 0 Å². The topological polar surface area (TPSA) is 61.7 Å². The van der Waals surface area contributed by atoms with Gasteiger partial charge in [-0.05, 0) is 42.6 Å². The van der Waals surface area contributed by atoms with E-state index in [2.05, 4.69) is 26.5 Å². The number of benzene rings is 3. The zero-order valence-corrected chi connectivity index (χ0v) is 14.5. The lowest BCUT2D eigenvalue weighted by molar-refractivity contribution is 0.0955. The molecule has 0 unspecified atom stereocenters. The van der Waals surface area contributed by atoms with E-state index >= 15 is 0 Å². The van der Waals surface area contributed by atoms with Crippen molar-refractivity contribution in [1.82, 2.24) is 5.43 Å². The fourth-order valence-electron chi connectivity index (χ4n) is 2.41. The molecule has 24 heavy (non-hydrogen) atoms. The Morgan fingerprint density at radius 1 is 1.04 bits per heavy atom. The average molecular weight is 383 g/mol. The number of amides is 1. The van der Waals surface area contributed by atoms with Gasteiger partial charge in [0.25, 0.3) is 5.91 Å². The number of hydrazone groups is 1. The van der Waals surface area contributed by atoms with E-state index in [1.807, 2.05) is 30.3 Å². The van der Waals surface area contributed by atoms with Crippen LogP contribution in [0.2, 0.25) is 0 Å². The van der Waals surface area contributed by atoms with E-state index in [4.69, 9.17) is 0 Å². The third-order valence-electron chi connectivity index (χ3n) is 3.72. The number of carbonyl (C=O) groups excluding carboxylic acids is 1. The fourth-order valence-corrected chi connectivity index (χ4v) is 2.67. The molecule has 5 heteroatoms. The maximum Gasteiger partial charge on any atom is 0.271 e. The van der Waals surface area contributed by atoms with Gasteiger partial charge in [0.05, 0.1) is 5.71 Å². The van der Waals surface area contributed by atoms with E-state index in [1.165, 1.54) is 0 Å². The van der Waals surface area contributed by atoms with E-state index in [0.717, 1.165) is 15.2 Å². The Hall–Kier alpha value is -2.66. The normalized spacial score (nSPS) is 11.5. The minimum Gasteiger partial charge on any atom is -0.507 e. The van der Waals surface area contributed by atoms with Crippen LogP contribution in [0.25, 0.3) is 10.8 Å². The predicted molar refractivity (Wildman–Crippen MR) is 99.4 cm³/mol. The van der Waals surface area contributed by atoms with Crippen molar-refractivity contribution in [3.05, 3.63) is 76.3 Å². The molecule has 0 saturated heterocycles. The molecule has 3 aromatic rings. The first kappa shape index (κ1) is 16.2. The van der Waals surface area contributed by atoms with Gasteiger partial charge in [-0.1, -0.05) is 46.3 Å². The lowest BCUT2D eigenvalue weighted by Crippen LogP contribution is -2.19. The number of nitrogens with one attached hydrogen (secondary N) is 1. The Bertz CT molecular complexity index is 934. The van der Waals surface area contributed by atoms with Crippen molar-refractivity contribution in [2.24, 2.45) is 5.10 Å². The summed E-state index contributed by atoms with van der Waals surface area (Å²) in [4.78, 5) is 12.1. The van der Waals surface area contributed by atoms with Crippen LogP contribution in [-0.2, 0) is 0 Å². The molecule has 3 aromatic carbocycles. The van der Waals surface area contributed by atoms with Gasteiger partial charge in [0, 0.05) is 21.0 Å². The van der Waals surface area contributed by atoms with Crippen molar-refractivity contribution in [3.63, 3.8) is 0 Å². The number of hydrogen-bond acceptors (Lipinski definition) is 3. The zero-order chi connectivity index (χ0) is 17.1. The van der Waals surface area contributed by atoms with Crippen molar-refractivity contribution in [2.75, 3.05) is 0 Å². The molecule has 0 spiro atoms. The van der Waals surface area contributed by atoms with Crippen molar-refractivity contribution >= 4 is 38.3 Å². The van der Waals surface area contributed by atoms with Crippen LogP contribution in [0.3, 0.4) is 0 Å². The van der Waals surface area contributed by atoms with Gasteiger partial charge in [0.1, 0.15) is 5.75 Å². The standard InChI is InChI=1S/C19H15BrN2O2/c1-12(21-22-19(24)14-6-9-15(20)10-7-14)16-11-8-13-4-2-3-5-17(13)18(16)23/h2-11,23H,1H3,(H,22,24)/b21-12+. The molecular formula is C19H15BrN2O2. The van der Waals surface area contributed by atoms with E-state index in [9.17, 15) is 9.90 Å². The van der Waals surface area contributed by atoms with Crippen LogP contribution in [0.4, 0.5) is 0 Å². The fraction of sp³-hybridized carbons (Fsp3) is 0.0526. The van der Waals surface area contributed by atoms with Crippen LogP contribution in [0, 0.1) is 0 Å². The van der Waals surface area contributed by atoms with Gasteiger partial charge in [-0.25, -0.2) is 5.43 Å². The number of fused-ring (bicyclic) bond motifs is 1.